The minimum atomic E-state index is 0.125. The Hall–Kier alpha value is -2.52. The Kier molecular flexibility index (Phi) is 4.34. The van der Waals surface area contributed by atoms with Gasteiger partial charge in [-0.15, -0.1) is 0 Å². The van der Waals surface area contributed by atoms with Crippen LogP contribution in [-0.2, 0) is 0 Å². The first kappa shape index (κ1) is 15.0. The van der Waals surface area contributed by atoms with Crippen LogP contribution in [0.15, 0.2) is 84.1 Å². The molecule has 1 aromatic carbocycles. The van der Waals surface area contributed by atoms with Gasteiger partial charge >= 0.3 is 0 Å². The van der Waals surface area contributed by atoms with E-state index in [0.29, 0.717) is 0 Å². The van der Waals surface area contributed by atoms with Crippen molar-refractivity contribution >= 4 is 5.70 Å². The quantitative estimate of drug-likeness (QED) is 0.801. The highest BCUT2D eigenvalue weighted by atomic mass is 15.2. The van der Waals surface area contributed by atoms with E-state index >= 15 is 0 Å². The van der Waals surface area contributed by atoms with Gasteiger partial charge in [0, 0.05) is 12.2 Å². The molecule has 0 amide bonds. The standard InChI is InChI=1S/C21H23N3/c1-3-7-16(8-4-1)19-15-20(17-9-5-2-6-10-17)24-21(23-19)18-11-13-22-14-12-18/h1-5,7-9,11-13,15,20-24H,6,10,14H2. The zero-order chi connectivity index (χ0) is 16.2. The van der Waals surface area contributed by atoms with Crippen molar-refractivity contribution in [3.05, 3.63) is 89.7 Å². The first-order chi connectivity index (χ1) is 11.9. The van der Waals surface area contributed by atoms with Crippen molar-refractivity contribution in [1.82, 2.24) is 16.0 Å². The highest BCUT2D eigenvalue weighted by Crippen LogP contribution is 2.25. The average molecular weight is 317 g/mol. The first-order valence-electron chi connectivity index (χ1n) is 8.65. The van der Waals surface area contributed by atoms with E-state index in [1.807, 2.05) is 6.20 Å². The molecule has 0 saturated carbocycles. The van der Waals surface area contributed by atoms with Crippen molar-refractivity contribution in [2.24, 2.45) is 0 Å². The second-order valence-corrected chi connectivity index (χ2v) is 6.32. The summed E-state index contributed by atoms with van der Waals surface area (Å²) in [5, 5.41) is 10.6. The fourth-order valence-corrected chi connectivity index (χ4v) is 3.39. The van der Waals surface area contributed by atoms with Crippen molar-refractivity contribution in [1.29, 1.82) is 0 Å². The second-order valence-electron chi connectivity index (χ2n) is 6.32. The van der Waals surface area contributed by atoms with E-state index in [2.05, 4.69) is 82.7 Å². The van der Waals surface area contributed by atoms with E-state index in [1.54, 1.807) is 0 Å². The zero-order valence-corrected chi connectivity index (χ0v) is 13.7. The summed E-state index contributed by atoms with van der Waals surface area (Å²) in [5.74, 6) is 0. The van der Waals surface area contributed by atoms with Gasteiger partial charge in [0.15, 0.2) is 0 Å². The molecule has 0 radical (unpaired) electrons. The molecule has 122 valence electrons. The van der Waals surface area contributed by atoms with E-state index in [1.165, 1.54) is 22.4 Å². The van der Waals surface area contributed by atoms with E-state index in [4.69, 9.17) is 0 Å². The van der Waals surface area contributed by atoms with E-state index in [0.717, 1.165) is 19.4 Å². The molecule has 2 atom stereocenters. The van der Waals surface area contributed by atoms with Gasteiger partial charge in [-0.05, 0) is 47.9 Å². The lowest BCUT2D eigenvalue weighted by Gasteiger charge is -2.35. The van der Waals surface area contributed by atoms with Gasteiger partial charge in [-0.2, -0.15) is 0 Å². The van der Waals surface area contributed by atoms with Gasteiger partial charge < -0.3 is 10.6 Å². The first-order valence-corrected chi connectivity index (χ1v) is 8.65. The fraction of sp³-hybridized carbons (Fsp3) is 0.238. The highest BCUT2D eigenvalue weighted by Gasteiger charge is 2.25. The predicted molar refractivity (Wildman–Crippen MR) is 99.9 cm³/mol. The zero-order valence-electron chi connectivity index (χ0n) is 13.7. The van der Waals surface area contributed by atoms with Crippen LogP contribution in [0.25, 0.3) is 5.70 Å². The van der Waals surface area contributed by atoms with Gasteiger partial charge in [0.05, 0.1) is 6.04 Å². The maximum Gasteiger partial charge on any atom is 0.104 e. The van der Waals surface area contributed by atoms with Crippen molar-refractivity contribution in [2.75, 3.05) is 6.54 Å². The fourth-order valence-electron chi connectivity index (χ4n) is 3.39. The van der Waals surface area contributed by atoms with Crippen LogP contribution >= 0.6 is 0 Å². The maximum atomic E-state index is 3.76. The lowest BCUT2D eigenvalue weighted by atomic mass is 9.93. The van der Waals surface area contributed by atoms with Gasteiger partial charge in [-0.3, -0.25) is 5.32 Å². The third-order valence-electron chi connectivity index (χ3n) is 4.69. The highest BCUT2D eigenvalue weighted by molar-refractivity contribution is 5.67. The molecule has 24 heavy (non-hydrogen) atoms. The maximum absolute atomic E-state index is 3.76. The van der Waals surface area contributed by atoms with Crippen LogP contribution < -0.4 is 16.0 Å². The molecule has 0 saturated heterocycles. The van der Waals surface area contributed by atoms with Gasteiger partial charge in [0.2, 0.25) is 0 Å². The third kappa shape index (κ3) is 3.22. The number of allylic oxidation sites excluding steroid dienone is 3. The smallest absolute Gasteiger partial charge is 0.104 e. The topological polar surface area (TPSA) is 36.1 Å². The molecule has 0 spiro atoms. The summed E-state index contributed by atoms with van der Waals surface area (Å²) < 4.78 is 0. The van der Waals surface area contributed by atoms with Crippen molar-refractivity contribution in [3.8, 4) is 0 Å². The lowest BCUT2D eigenvalue weighted by Crippen LogP contribution is -2.51. The molecular formula is C21H23N3. The molecule has 0 fully saturated rings. The Labute approximate surface area is 143 Å². The van der Waals surface area contributed by atoms with E-state index < -0.39 is 0 Å². The molecule has 3 heteroatoms. The average Bonchev–Trinajstić information content (AvgIpc) is 2.70. The van der Waals surface area contributed by atoms with Crippen LogP contribution in [-0.4, -0.2) is 18.8 Å². The Morgan fingerprint density at radius 1 is 1.08 bits per heavy atom. The van der Waals surface area contributed by atoms with Gasteiger partial charge in [0.25, 0.3) is 0 Å². The van der Waals surface area contributed by atoms with Crippen LogP contribution in [0, 0.1) is 0 Å². The SMILES string of the molecule is C1=CCCC(C2C=C(c3ccccc3)NC(C3=CCNC=C3)N2)=C1. The molecule has 1 aliphatic carbocycles. The molecule has 3 aliphatic rings. The summed E-state index contributed by atoms with van der Waals surface area (Å²) in [6.07, 6.45) is 17.8. The van der Waals surface area contributed by atoms with Gasteiger partial charge in [-0.1, -0.05) is 54.6 Å². The summed E-state index contributed by atoms with van der Waals surface area (Å²) >= 11 is 0. The minimum absolute atomic E-state index is 0.125. The molecular weight excluding hydrogens is 294 g/mol. The Morgan fingerprint density at radius 2 is 2.00 bits per heavy atom. The normalized spacial score (nSPS) is 25.9. The molecule has 2 heterocycles. The molecule has 3 nitrogen and oxygen atoms in total. The summed E-state index contributed by atoms with van der Waals surface area (Å²) in [6.45, 7) is 0.881. The van der Waals surface area contributed by atoms with Crippen molar-refractivity contribution in [2.45, 2.75) is 25.0 Å². The largest absolute Gasteiger partial charge is 0.387 e. The number of benzene rings is 1. The monoisotopic (exact) mass is 317 g/mol. The Morgan fingerprint density at radius 3 is 2.75 bits per heavy atom. The van der Waals surface area contributed by atoms with E-state index in [-0.39, 0.29) is 12.2 Å². The van der Waals surface area contributed by atoms with Crippen LogP contribution in [0.1, 0.15) is 18.4 Å². The Balaban J connectivity index is 1.67. The lowest BCUT2D eigenvalue weighted by molar-refractivity contribution is 0.491. The molecule has 2 aliphatic heterocycles. The molecule has 0 aromatic heterocycles. The van der Waals surface area contributed by atoms with Gasteiger partial charge in [0.1, 0.15) is 6.17 Å². The third-order valence-corrected chi connectivity index (χ3v) is 4.69. The summed E-state index contributed by atoms with van der Waals surface area (Å²) in [4.78, 5) is 0. The predicted octanol–water partition coefficient (Wildman–Crippen LogP) is 3.23. The van der Waals surface area contributed by atoms with Crippen LogP contribution in [0.4, 0.5) is 0 Å². The molecule has 0 bridgehead atoms. The molecule has 2 unspecified atom stereocenters. The number of hydrogen-bond acceptors (Lipinski definition) is 3. The number of nitrogens with one attached hydrogen (secondary N) is 3. The van der Waals surface area contributed by atoms with Crippen LogP contribution in [0.3, 0.4) is 0 Å². The number of dihydropyridines is 1. The van der Waals surface area contributed by atoms with Gasteiger partial charge in [-0.25, -0.2) is 0 Å². The number of hydrogen-bond donors (Lipinski definition) is 3. The Bertz CT molecular complexity index is 738. The van der Waals surface area contributed by atoms with Crippen LogP contribution in [0.5, 0.6) is 0 Å². The molecule has 3 N–H and O–H groups in total. The van der Waals surface area contributed by atoms with Crippen molar-refractivity contribution < 1.29 is 0 Å². The minimum Gasteiger partial charge on any atom is -0.387 e. The summed E-state index contributed by atoms with van der Waals surface area (Å²) in [7, 11) is 0. The van der Waals surface area contributed by atoms with Crippen molar-refractivity contribution in [3.63, 3.8) is 0 Å². The summed E-state index contributed by atoms with van der Waals surface area (Å²) in [6, 6.07) is 10.8. The molecule has 1 aromatic rings. The van der Waals surface area contributed by atoms with E-state index in [9.17, 15) is 0 Å². The summed E-state index contributed by atoms with van der Waals surface area (Å²) in [5.41, 5.74) is 5.18. The van der Waals surface area contributed by atoms with Crippen LogP contribution in [0.2, 0.25) is 0 Å². The number of rotatable bonds is 3. The molecule has 4 rings (SSSR count). The second kappa shape index (κ2) is 6.93.